The lowest BCUT2D eigenvalue weighted by molar-refractivity contribution is -0.138. The second-order valence-electron chi connectivity index (χ2n) is 9.54. The lowest BCUT2D eigenvalue weighted by Gasteiger charge is -2.45. The molecule has 214 valence electrons. The molecule has 0 atom stereocenters. The fourth-order valence-electron chi connectivity index (χ4n) is 4.53. The van der Waals surface area contributed by atoms with E-state index in [4.69, 9.17) is 31.2 Å². The largest absolute Gasteiger partial charge is 0.493 e. The summed E-state index contributed by atoms with van der Waals surface area (Å²) in [6.07, 6.45) is 3.21. The van der Waals surface area contributed by atoms with Crippen LogP contribution in [0.25, 0.3) is 11.6 Å². The van der Waals surface area contributed by atoms with Gasteiger partial charge in [-0.1, -0.05) is 53.4 Å². The Kier molecular flexibility index (Phi) is 9.00. The van der Waals surface area contributed by atoms with E-state index >= 15 is 0 Å². The molecule has 11 heteroatoms. The van der Waals surface area contributed by atoms with E-state index in [9.17, 15) is 14.4 Å². The molecule has 0 aliphatic carbocycles. The minimum Gasteiger partial charge on any atom is -0.493 e. The van der Waals surface area contributed by atoms with Crippen LogP contribution in [-0.4, -0.2) is 56.7 Å². The molecule has 2 aliphatic rings. The number of thiocarbonyl (C=S) groups is 1. The lowest BCUT2D eigenvalue weighted by Crippen LogP contribution is -2.55. The number of methoxy groups -OCH3 is 4. The molecule has 0 aromatic heterocycles. The third-order valence-corrected chi connectivity index (χ3v) is 9.85. The van der Waals surface area contributed by atoms with Crippen LogP contribution in [0.15, 0.2) is 56.5 Å². The zero-order valence-corrected chi connectivity index (χ0v) is 26.1. The summed E-state index contributed by atoms with van der Waals surface area (Å²) in [4.78, 5) is 41.3. The molecule has 4 rings (SSSR count). The van der Waals surface area contributed by atoms with Gasteiger partial charge >= 0.3 is 11.9 Å². The molecule has 0 N–H and O–H groups in total. The predicted molar refractivity (Wildman–Crippen MR) is 167 cm³/mol. The topological polar surface area (TPSA) is 91.4 Å². The predicted octanol–water partition coefficient (Wildman–Crippen LogP) is 5.93. The molecule has 1 amide bonds. The van der Waals surface area contributed by atoms with Gasteiger partial charge in [0.1, 0.15) is 9.81 Å². The molecule has 2 aromatic rings. The quantitative estimate of drug-likeness (QED) is 0.223. The van der Waals surface area contributed by atoms with Gasteiger partial charge in [-0.15, -0.1) is 0 Å². The van der Waals surface area contributed by atoms with E-state index in [1.165, 1.54) is 20.3 Å². The van der Waals surface area contributed by atoms with Crippen LogP contribution in [0.1, 0.15) is 30.5 Å². The molecule has 2 aliphatic heterocycles. The van der Waals surface area contributed by atoms with Crippen LogP contribution in [-0.2, 0) is 23.9 Å². The van der Waals surface area contributed by atoms with Crippen molar-refractivity contribution in [2.45, 2.75) is 26.3 Å². The summed E-state index contributed by atoms with van der Waals surface area (Å²) in [6, 6.07) is 11.2. The second kappa shape index (κ2) is 12.1. The zero-order chi connectivity index (χ0) is 30.1. The van der Waals surface area contributed by atoms with Crippen LogP contribution in [0.2, 0.25) is 0 Å². The Morgan fingerprint density at radius 3 is 2.05 bits per heavy atom. The van der Waals surface area contributed by atoms with Gasteiger partial charge in [-0.3, -0.25) is 9.69 Å². The van der Waals surface area contributed by atoms with Gasteiger partial charge in [0.2, 0.25) is 0 Å². The smallest absolute Gasteiger partial charge is 0.346 e. The second-order valence-corrected chi connectivity index (χ2v) is 12.2. The summed E-state index contributed by atoms with van der Waals surface area (Å²) in [5, 5.41) is 0. The molecule has 0 spiro atoms. The number of thioether (sulfide) groups is 2. The van der Waals surface area contributed by atoms with Gasteiger partial charge in [0, 0.05) is 17.2 Å². The van der Waals surface area contributed by atoms with Crippen LogP contribution in [0.4, 0.5) is 5.69 Å². The summed E-state index contributed by atoms with van der Waals surface area (Å²) in [7, 11) is 5.63. The fourth-order valence-corrected chi connectivity index (χ4v) is 7.56. The fraction of sp³-hybridized carbons (Fsp3) is 0.267. The number of aryl methyl sites for hydroxylation is 1. The Labute approximate surface area is 252 Å². The SMILES string of the molecule is COC(=O)C1=C(C(=O)OC)SC(=C2C(=S)C(C)(C)N(C(=O)C=Cc3ccc(OC)c(OC)c3)c3ccc(C)cc32)S1. The lowest BCUT2D eigenvalue weighted by atomic mass is 9.82. The number of nitrogens with zero attached hydrogens (tertiary/aromatic N) is 1. The highest BCUT2D eigenvalue weighted by Crippen LogP contribution is 2.56. The van der Waals surface area contributed by atoms with Gasteiger partial charge in [-0.05, 0) is 56.7 Å². The number of rotatable bonds is 6. The van der Waals surface area contributed by atoms with E-state index in [1.54, 1.807) is 37.3 Å². The first-order valence-corrected chi connectivity index (χ1v) is 14.4. The number of carbonyl (C=O) groups excluding carboxylic acids is 3. The molecule has 41 heavy (non-hydrogen) atoms. The maximum atomic E-state index is 13.8. The normalized spacial score (nSPS) is 16.2. The minimum atomic E-state index is -0.931. The average molecular weight is 612 g/mol. The average Bonchev–Trinajstić information content (AvgIpc) is 3.40. The van der Waals surface area contributed by atoms with Gasteiger partial charge in [-0.2, -0.15) is 0 Å². The van der Waals surface area contributed by atoms with E-state index in [-0.39, 0.29) is 15.7 Å². The van der Waals surface area contributed by atoms with Crippen LogP contribution in [0, 0.1) is 6.92 Å². The van der Waals surface area contributed by atoms with Gasteiger partial charge in [0.05, 0.1) is 48.8 Å². The third kappa shape index (κ3) is 5.66. The standard InChI is InChI=1S/C30H29NO7S3/c1-16-8-11-19-18(14-16)23(29-40-24(27(33)37-6)25(41-29)28(34)38-7)26(39)30(2,3)31(19)22(32)13-10-17-9-12-20(35-4)21(15-17)36-5/h8-15H,1-7H3. The number of benzene rings is 2. The summed E-state index contributed by atoms with van der Waals surface area (Å²) in [5.41, 5.74) is 2.86. The molecular weight excluding hydrogens is 583 g/mol. The third-order valence-electron chi connectivity index (χ3n) is 6.59. The van der Waals surface area contributed by atoms with Crippen molar-refractivity contribution in [2.75, 3.05) is 33.3 Å². The van der Waals surface area contributed by atoms with Crippen molar-refractivity contribution >= 4 is 75.8 Å². The Morgan fingerprint density at radius 1 is 0.878 bits per heavy atom. The first kappa shape index (κ1) is 30.4. The summed E-state index contributed by atoms with van der Waals surface area (Å²) < 4.78 is 21.2. The van der Waals surface area contributed by atoms with Crippen molar-refractivity contribution in [3.05, 3.63) is 73.2 Å². The van der Waals surface area contributed by atoms with Crippen molar-refractivity contribution in [1.82, 2.24) is 0 Å². The summed E-state index contributed by atoms with van der Waals surface area (Å²) in [6.45, 7) is 5.70. The van der Waals surface area contributed by atoms with Crippen molar-refractivity contribution in [3.63, 3.8) is 0 Å². The first-order chi connectivity index (χ1) is 19.5. The van der Waals surface area contributed by atoms with E-state index in [1.807, 2.05) is 45.0 Å². The van der Waals surface area contributed by atoms with Gasteiger partial charge in [-0.25, -0.2) is 9.59 Å². The summed E-state index contributed by atoms with van der Waals surface area (Å²) in [5.74, 6) is -0.401. The Hall–Kier alpha value is -3.54. The van der Waals surface area contributed by atoms with Crippen LogP contribution >= 0.6 is 35.7 Å². The van der Waals surface area contributed by atoms with Crippen LogP contribution in [0.5, 0.6) is 11.5 Å². The number of hydrogen-bond acceptors (Lipinski definition) is 10. The highest BCUT2D eigenvalue weighted by molar-refractivity contribution is 8.29. The molecule has 0 saturated carbocycles. The van der Waals surface area contributed by atoms with Gasteiger partial charge in [0.15, 0.2) is 11.5 Å². The van der Waals surface area contributed by atoms with Crippen LogP contribution < -0.4 is 14.4 Å². The van der Waals surface area contributed by atoms with Crippen LogP contribution in [0.3, 0.4) is 0 Å². The number of amides is 1. The molecule has 0 unspecified atom stereocenters. The first-order valence-electron chi connectivity index (χ1n) is 12.4. The van der Waals surface area contributed by atoms with Crippen molar-refractivity contribution in [3.8, 4) is 11.5 Å². The number of hydrogen-bond donors (Lipinski definition) is 0. The Bertz CT molecular complexity index is 1530. The number of fused-ring (bicyclic) bond motifs is 1. The molecule has 0 radical (unpaired) electrons. The van der Waals surface area contributed by atoms with Crippen molar-refractivity contribution in [2.24, 2.45) is 0 Å². The zero-order valence-electron chi connectivity index (χ0n) is 23.6. The van der Waals surface area contributed by atoms with Gasteiger partial charge in [0.25, 0.3) is 5.91 Å². The number of ether oxygens (including phenoxy) is 4. The number of anilines is 1. The van der Waals surface area contributed by atoms with E-state index in [0.29, 0.717) is 31.9 Å². The molecule has 0 fully saturated rings. The van der Waals surface area contributed by atoms with E-state index in [0.717, 1.165) is 40.2 Å². The van der Waals surface area contributed by atoms with Crippen molar-refractivity contribution < 1.29 is 33.3 Å². The molecule has 2 heterocycles. The number of carbonyl (C=O) groups is 3. The van der Waals surface area contributed by atoms with Crippen molar-refractivity contribution in [1.29, 1.82) is 0 Å². The van der Waals surface area contributed by atoms with E-state index in [2.05, 4.69) is 0 Å². The highest BCUT2D eigenvalue weighted by Gasteiger charge is 2.45. The molecular formula is C30H29NO7S3. The molecule has 0 bridgehead atoms. The van der Waals surface area contributed by atoms with Gasteiger partial charge < -0.3 is 18.9 Å². The maximum Gasteiger partial charge on any atom is 0.346 e. The molecule has 0 saturated heterocycles. The van der Waals surface area contributed by atoms with E-state index < -0.39 is 17.5 Å². The summed E-state index contributed by atoms with van der Waals surface area (Å²) >= 11 is 8.27. The monoisotopic (exact) mass is 611 g/mol. The Balaban J connectivity index is 1.80. The highest BCUT2D eigenvalue weighted by atomic mass is 32.2. The Morgan fingerprint density at radius 2 is 1.49 bits per heavy atom. The minimum absolute atomic E-state index is 0.137. The molecule has 2 aromatic carbocycles. The maximum absolute atomic E-state index is 13.8. The molecule has 8 nitrogen and oxygen atoms in total. The number of esters is 2.